The first-order valence-corrected chi connectivity index (χ1v) is 6.49. The molecular weight excluding hydrogens is 209 g/mol. The smallest absolute Gasteiger partial charge is 0.324 e. The molecule has 0 bridgehead atoms. The Kier molecular flexibility index (Phi) is 6.25. The van der Waals surface area contributed by atoms with Gasteiger partial charge in [0.25, 0.3) is 0 Å². The zero-order chi connectivity index (χ0) is 10.5. The minimum absolute atomic E-state index is 0.116. The molecule has 0 rings (SSSR count). The van der Waals surface area contributed by atoms with Crippen molar-refractivity contribution >= 4 is 20.4 Å². The van der Waals surface area contributed by atoms with E-state index in [1.165, 1.54) is 0 Å². The summed E-state index contributed by atoms with van der Waals surface area (Å²) in [4.78, 5) is 17.2. The highest BCUT2D eigenvalue weighted by molar-refractivity contribution is 7.77. The number of thiol groups is 1. The van der Waals surface area contributed by atoms with Crippen LogP contribution in [0.1, 0.15) is 20.3 Å². The van der Waals surface area contributed by atoms with Crippen molar-refractivity contribution in [2.45, 2.75) is 20.3 Å². The fourth-order valence-electron chi connectivity index (χ4n) is 0.765. The molecule has 0 amide bonds. The second-order valence-electron chi connectivity index (χ2n) is 3.52. The molecule has 0 saturated heterocycles. The summed E-state index contributed by atoms with van der Waals surface area (Å²) in [6, 6.07) is 0. The van der Waals surface area contributed by atoms with Gasteiger partial charge in [0.05, 0.1) is 6.16 Å². The van der Waals surface area contributed by atoms with Gasteiger partial charge < -0.3 is 9.79 Å². The fourth-order valence-corrected chi connectivity index (χ4v) is 1.64. The van der Waals surface area contributed by atoms with Crippen LogP contribution in [0, 0.1) is 5.92 Å². The normalized spacial score (nSPS) is 12.8. The van der Waals surface area contributed by atoms with Gasteiger partial charge in [-0.25, -0.2) is 0 Å². The minimum Gasteiger partial charge on any atom is -0.324 e. The summed E-state index contributed by atoms with van der Waals surface area (Å²) in [5.41, 5.74) is 0. The molecule has 0 atom stereocenters. The maximum Gasteiger partial charge on any atom is 0.326 e. The summed E-state index contributed by atoms with van der Waals surface area (Å²) < 4.78 is 12.2. The van der Waals surface area contributed by atoms with E-state index >= 15 is 0 Å². The molecule has 0 aromatic heterocycles. The molecule has 6 heteroatoms. The topological polar surface area (TPSA) is 60.8 Å². The Balaban J connectivity index is 3.52. The van der Waals surface area contributed by atoms with Crippen LogP contribution in [-0.2, 0) is 4.57 Å². The number of rotatable bonds is 6. The lowest BCUT2D eigenvalue weighted by molar-refractivity contribution is 0.362. The third kappa shape index (κ3) is 10.4. The van der Waals surface area contributed by atoms with Crippen molar-refractivity contribution in [1.82, 2.24) is 4.31 Å². The second kappa shape index (κ2) is 6.04. The van der Waals surface area contributed by atoms with E-state index < -0.39 is 7.60 Å². The zero-order valence-corrected chi connectivity index (χ0v) is 9.84. The highest BCUT2D eigenvalue weighted by Crippen LogP contribution is 2.33. The lowest BCUT2D eigenvalue weighted by Crippen LogP contribution is -2.19. The molecule has 0 saturated carbocycles. The van der Waals surface area contributed by atoms with Gasteiger partial charge in [-0.15, -0.1) is 0 Å². The Morgan fingerprint density at radius 2 is 1.92 bits per heavy atom. The SMILES string of the molecule is CC(C)CCN(S)CCP(=O)(O)O. The van der Waals surface area contributed by atoms with E-state index in [1.54, 1.807) is 4.31 Å². The van der Waals surface area contributed by atoms with E-state index in [1.807, 2.05) is 0 Å². The van der Waals surface area contributed by atoms with Crippen LogP contribution in [-0.4, -0.2) is 33.3 Å². The van der Waals surface area contributed by atoms with Gasteiger partial charge in [-0.1, -0.05) is 26.7 Å². The summed E-state index contributed by atoms with van der Waals surface area (Å²) in [6.45, 7) is 5.30. The van der Waals surface area contributed by atoms with Crippen LogP contribution in [0.15, 0.2) is 0 Å². The van der Waals surface area contributed by atoms with Crippen molar-refractivity contribution in [2.75, 3.05) is 19.3 Å². The van der Waals surface area contributed by atoms with E-state index in [-0.39, 0.29) is 6.16 Å². The average molecular weight is 227 g/mol. The number of nitrogens with zero attached hydrogens (tertiary/aromatic N) is 1. The van der Waals surface area contributed by atoms with Crippen LogP contribution in [0.3, 0.4) is 0 Å². The molecule has 0 aliphatic heterocycles. The van der Waals surface area contributed by atoms with Crippen LogP contribution in [0.4, 0.5) is 0 Å². The molecule has 0 aliphatic rings. The van der Waals surface area contributed by atoms with Crippen molar-refractivity contribution in [3.63, 3.8) is 0 Å². The van der Waals surface area contributed by atoms with Gasteiger partial charge in [0.1, 0.15) is 0 Å². The summed E-state index contributed by atoms with van der Waals surface area (Å²) in [6.07, 6.45) is 0.874. The number of hydrogen-bond donors (Lipinski definition) is 3. The summed E-state index contributed by atoms with van der Waals surface area (Å²) in [5.74, 6) is 0.588. The monoisotopic (exact) mass is 227 g/mol. The molecule has 0 aromatic rings. The first-order chi connectivity index (χ1) is 5.81. The molecule has 0 heterocycles. The molecular formula is C7H18NO3PS. The van der Waals surface area contributed by atoms with E-state index in [0.29, 0.717) is 12.5 Å². The molecule has 4 nitrogen and oxygen atoms in total. The highest BCUT2D eigenvalue weighted by Gasteiger charge is 2.13. The summed E-state index contributed by atoms with van der Waals surface area (Å²) in [7, 11) is -3.86. The van der Waals surface area contributed by atoms with Crippen LogP contribution >= 0.6 is 20.4 Å². The Bertz CT molecular complexity index is 183. The third-order valence-corrected chi connectivity index (χ3v) is 2.80. The molecule has 13 heavy (non-hydrogen) atoms. The van der Waals surface area contributed by atoms with Crippen LogP contribution in [0.5, 0.6) is 0 Å². The second-order valence-corrected chi connectivity index (χ2v) is 5.87. The van der Waals surface area contributed by atoms with Crippen molar-refractivity contribution in [3.8, 4) is 0 Å². The molecule has 0 unspecified atom stereocenters. The molecule has 0 spiro atoms. The van der Waals surface area contributed by atoms with Gasteiger partial charge in [-0.3, -0.25) is 8.87 Å². The quantitative estimate of drug-likeness (QED) is 0.473. The van der Waals surface area contributed by atoms with Gasteiger partial charge in [0, 0.05) is 13.1 Å². The maximum absolute atomic E-state index is 10.5. The lowest BCUT2D eigenvalue weighted by Gasteiger charge is -2.16. The van der Waals surface area contributed by atoms with Gasteiger partial charge in [-0.2, -0.15) is 0 Å². The van der Waals surface area contributed by atoms with Gasteiger partial charge >= 0.3 is 7.60 Å². The van der Waals surface area contributed by atoms with Crippen LogP contribution < -0.4 is 0 Å². The average Bonchev–Trinajstić information content (AvgIpc) is 1.95. The maximum atomic E-state index is 10.5. The third-order valence-electron chi connectivity index (χ3n) is 1.61. The minimum atomic E-state index is -3.86. The predicted octanol–water partition coefficient (Wildman–Crippen LogP) is 1.36. The first-order valence-electron chi connectivity index (χ1n) is 4.29. The Hall–Kier alpha value is 0.460. The largest absolute Gasteiger partial charge is 0.326 e. The zero-order valence-electron chi connectivity index (χ0n) is 8.05. The first kappa shape index (κ1) is 13.5. The van der Waals surface area contributed by atoms with Crippen LogP contribution in [0.25, 0.3) is 0 Å². The fraction of sp³-hybridized carbons (Fsp3) is 1.00. The van der Waals surface area contributed by atoms with E-state index in [0.717, 1.165) is 13.0 Å². The Morgan fingerprint density at radius 1 is 1.38 bits per heavy atom. The van der Waals surface area contributed by atoms with Gasteiger partial charge in [0.2, 0.25) is 0 Å². The summed E-state index contributed by atoms with van der Waals surface area (Å²) >= 11 is 4.11. The van der Waals surface area contributed by atoms with Gasteiger partial charge in [0.15, 0.2) is 0 Å². The number of hydrogen-bond acceptors (Lipinski definition) is 3. The molecule has 0 fully saturated rings. The van der Waals surface area contributed by atoms with Crippen molar-refractivity contribution < 1.29 is 14.4 Å². The molecule has 0 aromatic carbocycles. The van der Waals surface area contributed by atoms with Gasteiger partial charge in [-0.05, 0) is 12.3 Å². The van der Waals surface area contributed by atoms with E-state index in [4.69, 9.17) is 9.79 Å². The van der Waals surface area contributed by atoms with Crippen LogP contribution in [0.2, 0.25) is 0 Å². The van der Waals surface area contributed by atoms with E-state index in [2.05, 4.69) is 26.7 Å². The molecule has 0 aliphatic carbocycles. The lowest BCUT2D eigenvalue weighted by atomic mass is 10.1. The van der Waals surface area contributed by atoms with E-state index in [9.17, 15) is 4.57 Å². The predicted molar refractivity (Wildman–Crippen MR) is 56.9 cm³/mol. The molecule has 80 valence electrons. The van der Waals surface area contributed by atoms with Crippen molar-refractivity contribution in [1.29, 1.82) is 0 Å². The Labute approximate surface area is 85.0 Å². The standard InChI is InChI=1S/C7H18NO3PS/c1-7(2)3-4-8(13)5-6-12(9,10)11/h7,13H,3-6H2,1-2H3,(H2,9,10,11). The summed E-state index contributed by atoms with van der Waals surface area (Å²) in [5, 5.41) is 0. The highest BCUT2D eigenvalue weighted by atomic mass is 32.1. The van der Waals surface area contributed by atoms with Crippen molar-refractivity contribution in [2.24, 2.45) is 5.92 Å². The van der Waals surface area contributed by atoms with Crippen molar-refractivity contribution in [3.05, 3.63) is 0 Å². The molecule has 2 N–H and O–H groups in total. The molecule has 0 radical (unpaired) electrons. The Morgan fingerprint density at radius 3 is 2.31 bits per heavy atom.